The van der Waals surface area contributed by atoms with Crippen LogP contribution in [0.1, 0.15) is 34.6 Å². The normalized spacial score (nSPS) is 13.2. The SMILES string of the molecule is CCOC(O)COC(=O)c1ccccc1C(=O)OCC(O)OCC. The van der Waals surface area contributed by atoms with E-state index in [9.17, 15) is 19.8 Å². The zero-order chi connectivity index (χ0) is 17.9. The van der Waals surface area contributed by atoms with Crippen molar-refractivity contribution in [2.45, 2.75) is 26.4 Å². The summed E-state index contributed by atoms with van der Waals surface area (Å²) in [5, 5.41) is 18.8. The number of aliphatic hydroxyl groups excluding tert-OH is 2. The van der Waals surface area contributed by atoms with Gasteiger partial charge in [-0.3, -0.25) is 0 Å². The Bertz CT molecular complexity index is 484. The lowest BCUT2D eigenvalue weighted by atomic mass is 10.1. The van der Waals surface area contributed by atoms with Crippen LogP contribution in [0.3, 0.4) is 0 Å². The number of carbonyl (C=O) groups is 2. The third-order valence-corrected chi connectivity index (χ3v) is 2.80. The highest BCUT2D eigenvalue weighted by Crippen LogP contribution is 2.12. The molecule has 134 valence electrons. The second kappa shape index (κ2) is 10.7. The summed E-state index contributed by atoms with van der Waals surface area (Å²) in [5.41, 5.74) is -0.0332. The van der Waals surface area contributed by atoms with Crippen LogP contribution in [0, 0.1) is 0 Å². The monoisotopic (exact) mass is 342 g/mol. The van der Waals surface area contributed by atoms with Crippen LogP contribution in [0.2, 0.25) is 0 Å². The van der Waals surface area contributed by atoms with Gasteiger partial charge >= 0.3 is 11.9 Å². The second-order valence-electron chi connectivity index (χ2n) is 4.56. The standard InChI is InChI=1S/C16H22O8/c1-3-21-13(17)9-23-15(19)11-7-5-6-8-12(11)16(20)24-10-14(18)22-4-2/h5-8,13-14,17-18H,3-4,9-10H2,1-2H3. The number of ether oxygens (including phenoxy) is 4. The molecule has 0 heterocycles. The summed E-state index contributed by atoms with van der Waals surface area (Å²) in [5.74, 6) is -1.60. The Morgan fingerprint density at radius 2 is 1.25 bits per heavy atom. The highest BCUT2D eigenvalue weighted by molar-refractivity contribution is 6.03. The van der Waals surface area contributed by atoms with Crippen LogP contribution in [-0.4, -0.2) is 61.2 Å². The molecule has 2 unspecified atom stereocenters. The molecule has 0 saturated carbocycles. The largest absolute Gasteiger partial charge is 0.457 e. The lowest BCUT2D eigenvalue weighted by Crippen LogP contribution is -2.24. The van der Waals surface area contributed by atoms with E-state index in [1.165, 1.54) is 12.1 Å². The van der Waals surface area contributed by atoms with Gasteiger partial charge in [0.1, 0.15) is 13.2 Å². The molecule has 2 atom stereocenters. The van der Waals surface area contributed by atoms with Gasteiger partial charge in [-0.15, -0.1) is 0 Å². The minimum absolute atomic E-state index is 0.0166. The Labute approximate surface area is 139 Å². The molecule has 2 N–H and O–H groups in total. The summed E-state index contributed by atoms with van der Waals surface area (Å²) in [4.78, 5) is 24.1. The minimum Gasteiger partial charge on any atom is -0.457 e. The molecule has 1 aromatic rings. The van der Waals surface area contributed by atoms with Crippen LogP contribution < -0.4 is 0 Å². The van der Waals surface area contributed by atoms with Crippen molar-refractivity contribution in [3.63, 3.8) is 0 Å². The summed E-state index contributed by atoms with van der Waals surface area (Å²) >= 11 is 0. The topological polar surface area (TPSA) is 112 Å². The van der Waals surface area contributed by atoms with E-state index in [-0.39, 0.29) is 37.6 Å². The maximum absolute atomic E-state index is 12.0. The molecule has 0 aliphatic carbocycles. The van der Waals surface area contributed by atoms with E-state index in [0.29, 0.717) is 0 Å². The summed E-state index contributed by atoms with van der Waals surface area (Å²) in [7, 11) is 0. The van der Waals surface area contributed by atoms with Crippen molar-refractivity contribution in [1.82, 2.24) is 0 Å². The fraction of sp³-hybridized carbons (Fsp3) is 0.500. The fourth-order valence-corrected chi connectivity index (χ4v) is 1.77. The fourth-order valence-electron chi connectivity index (χ4n) is 1.77. The molecule has 24 heavy (non-hydrogen) atoms. The summed E-state index contributed by atoms with van der Waals surface area (Å²) in [6.07, 6.45) is -2.47. The number of hydrogen-bond acceptors (Lipinski definition) is 8. The van der Waals surface area contributed by atoms with Crippen molar-refractivity contribution >= 4 is 11.9 Å². The van der Waals surface area contributed by atoms with Crippen molar-refractivity contribution in [3.05, 3.63) is 35.4 Å². The molecule has 0 bridgehead atoms. The number of benzene rings is 1. The van der Waals surface area contributed by atoms with Gasteiger partial charge < -0.3 is 29.2 Å². The molecule has 0 spiro atoms. The van der Waals surface area contributed by atoms with Crippen molar-refractivity contribution in [3.8, 4) is 0 Å². The number of aliphatic hydroxyl groups is 2. The smallest absolute Gasteiger partial charge is 0.339 e. The van der Waals surface area contributed by atoms with Gasteiger partial charge in [0.2, 0.25) is 0 Å². The predicted octanol–water partition coefficient (Wildman–Crippen LogP) is 0.710. The van der Waals surface area contributed by atoms with Crippen molar-refractivity contribution in [2.75, 3.05) is 26.4 Å². The molecule has 0 aromatic heterocycles. The van der Waals surface area contributed by atoms with Gasteiger partial charge in [0.15, 0.2) is 12.6 Å². The van der Waals surface area contributed by atoms with Gasteiger partial charge in [0.05, 0.1) is 11.1 Å². The van der Waals surface area contributed by atoms with Gasteiger partial charge in [0.25, 0.3) is 0 Å². The van der Waals surface area contributed by atoms with Gasteiger partial charge in [-0.25, -0.2) is 9.59 Å². The van der Waals surface area contributed by atoms with E-state index < -0.39 is 24.5 Å². The summed E-state index contributed by atoms with van der Waals surface area (Å²) < 4.78 is 19.5. The Morgan fingerprint density at radius 3 is 1.58 bits per heavy atom. The van der Waals surface area contributed by atoms with Crippen LogP contribution in [0.4, 0.5) is 0 Å². The van der Waals surface area contributed by atoms with E-state index in [0.717, 1.165) is 0 Å². The number of esters is 2. The molecule has 0 aliphatic heterocycles. The number of carbonyl (C=O) groups excluding carboxylic acids is 2. The van der Waals surface area contributed by atoms with E-state index in [1.807, 2.05) is 0 Å². The maximum atomic E-state index is 12.0. The molecule has 0 amide bonds. The third kappa shape index (κ3) is 6.63. The van der Waals surface area contributed by atoms with Crippen LogP contribution in [0.5, 0.6) is 0 Å². The minimum atomic E-state index is -1.24. The second-order valence-corrected chi connectivity index (χ2v) is 4.56. The number of rotatable bonds is 10. The highest BCUT2D eigenvalue weighted by atomic mass is 16.6. The van der Waals surface area contributed by atoms with Crippen LogP contribution in [0.15, 0.2) is 24.3 Å². The molecule has 0 radical (unpaired) electrons. The highest BCUT2D eigenvalue weighted by Gasteiger charge is 2.20. The van der Waals surface area contributed by atoms with Crippen molar-refractivity contribution < 1.29 is 38.7 Å². The van der Waals surface area contributed by atoms with E-state index >= 15 is 0 Å². The van der Waals surface area contributed by atoms with Crippen LogP contribution in [-0.2, 0) is 18.9 Å². The molecular formula is C16H22O8. The molecule has 1 rings (SSSR count). The average Bonchev–Trinajstić information content (AvgIpc) is 2.58. The first-order valence-electron chi connectivity index (χ1n) is 7.52. The lowest BCUT2D eigenvalue weighted by molar-refractivity contribution is -0.123. The van der Waals surface area contributed by atoms with E-state index in [2.05, 4.69) is 0 Å². The molecule has 8 heteroatoms. The van der Waals surface area contributed by atoms with Crippen LogP contribution in [0.25, 0.3) is 0 Å². The third-order valence-electron chi connectivity index (χ3n) is 2.80. The Hall–Kier alpha value is -2.00. The van der Waals surface area contributed by atoms with Crippen molar-refractivity contribution in [2.24, 2.45) is 0 Å². The first kappa shape index (κ1) is 20.0. The van der Waals surface area contributed by atoms with E-state index in [4.69, 9.17) is 18.9 Å². The molecule has 8 nitrogen and oxygen atoms in total. The first-order chi connectivity index (χ1) is 11.5. The van der Waals surface area contributed by atoms with Gasteiger partial charge in [0, 0.05) is 13.2 Å². The molecule has 1 aromatic carbocycles. The Morgan fingerprint density at radius 1 is 0.875 bits per heavy atom. The van der Waals surface area contributed by atoms with Gasteiger partial charge in [-0.05, 0) is 26.0 Å². The molecule has 0 aliphatic rings. The summed E-state index contributed by atoms with van der Waals surface area (Å²) in [6, 6.07) is 5.90. The lowest BCUT2D eigenvalue weighted by Gasteiger charge is -2.14. The van der Waals surface area contributed by atoms with Gasteiger partial charge in [-0.2, -0.15) is 0 Å². The Balaban J connectivity index is 2.69. The zero-order valence-corrected chi connectivity index (χ0v) is 13.6. The predicted molar refractivity (Wildman–Crippen MR) is 82.3 cm³/mol. The Kier molecular flexibility index (Phi) is 8.95. The molecule has 0 fully saturated rings. The van der Waals surface area contributed by atoms with E-state index in [1.54, 1.807) is 26.0 Å². The molecule has 0 saturated heterocycles. The van der Waals surface area contributed by atoms with Crippen LogP contribution >= 0.6 is 0 Å². The number of hydrogen-bond donors (Lipinski definition) is 2. The maximum Gasteiger partial charge on any atom is 0.339 e. The molecular weight excluding hydrogens is 320 g/mol. The summed E-state index contributed by atoms with van der Waals surface area (Å²) in [6.45, 7) is 3.19. The quantitative estimate of drug-likeness (QED) is 0.472. The average molecular weight is 342 g/mol. The zero-order valence-electron chi connectivity index (χ0n) is 13.6. The van der Waals surface area contributed by atoms with Crippen molar-refractivity contribution in [1.29, 1.82) is 0 Å². The first-order valence-corrected chi connectivity index (χ1v) is 7.52. The van der Waals surface area contributed by atoms with Gasteiger partial charge in [-0.1, -0.05) is 12.1 Å².